The summed E-state index contributed by atoms with van der Waals surface area (Å²) in [6.07, 6.45) is 2.07. The number of aryl methyl sites for hydroxylation is 1. The van der Waals surface area contributed by atoms with Crippen LogP contribution >= 0.6 is 11.6 Å². The summed E-state index contributed by atoms with van der Waals surface area (Å²) < 4.78 is 5.30. The van der Waals surface area contributed by atoms with Gasteiger partial charge in [-0.15, -0.1) is 0 Å². The monoisotopic (exact) mass is 226 g/mol. The summed E-state index contributed by atoms with van der Waals surface area (Å²) in [5.74, 6) is 0.861. The first-order valence-corrected chi connectivity index (χ1v) is 5.25. The average Bonchev–Trinajstić information content (AvgIpc) is 2.17. The molecule has 0 saturated heterocycles. The Morgan fingerprint density at radius 1 is 1.47 bits per heavy atom. The lowest BCUT2D eigenvalue weighted by Gasteiger charge is -2.14. The van der Waals surface area contributed by atoms with E-state index in [9.17, 15) is 4.79 Å². The third-order valence-electron chi connectivity index (χ3n) is 2.50. The lowest BCUT2D eigenvalue weighted by atomic mass is 10.0. The van der Waals surface area contributed by atoms with Crippen molar-refractivity contribution in [3.63, 3.8) is 0 Å². The second-order valence-corrected chi connectivity index (χ2v) is 3.92. The summed E-state index contributed by atoms with van der Waals surface area (Å²) in [6.45, 7) is 3.93. The van der Waals surface area contributed by atoms with Gasteiger partial charge < -0.3 is 9.53 Å². The summed E-state index contributed by atoms with van der Waals surface area (Å²) >= 11 is 6.13. The molecule has 0 heterocycles. The highest BCUT2D eigenvalue weighted by atomic mass is 35.5. The highest BCUT2D eigenvalue weighted by Gasteiger charge is 2.11. The van der Waals surface area contributed by atoms with Gasteiger partial charge in [0.2, 0.25) is 0 Å². The van der Waals surface area contributed by atoms with E-state index in [-0.39, 0.29) is 0 Å². The summed E-state index contributed by atoms with van der Waals surface area (Å²) in [5.41, 5.74) is 3.06. The maximum Gasteiger partial charge on any atom is 0.125 e. The molecule has 1 aromatic rings. The quantitative estimate of drug-likeness (QED) is 0.738. The Balaban J connectivity index is 3.19. The zero-order valence-corrected chi connectivity index (χ0v) is 10.0. The minimum atomic E-state index is 0.493. The van der Waals surface area contributed by atoms with Crippen LogP contribution in [0.3, 0.4) is 0 Å². The third-order valence-corrected chi connectivity index (χ3v) is 2.84. The molecule has 3 heteroatoms. The first kappa shape index (κ1) is 12.1. The normalized spacial score (nSPS) is 10.1. The number of carbonyl (C=O) groups is 1. The van der Waals surface area contributed by atoms with Gasteiger partial charge in [0.15, 0.2) is 0 Å². The molecule has 15 heavy (non-hydrogen) atoms. The van der Waals surface area contributed by atoms with E-state index in [1.54, 1.807) is 7.11 Å². The van der Waals surface area contributed by atoms with Gasteiger partial charge in [-0.1, -0.05) is 11.6 Å². The molecule has 0 aliphatic carbocycles. The second-order valence-electron chi connectivity index (χ2n) is 3.52. The van der Waals surface area contributed by atoms with Gasteiger partial charge in [-0.2, -0.15) is 0 Å². The Bertz CT molecular complexity index is 372. The van der Waals surface area contributed by atoms with E-state index < -0.39 is 0 Å². The number of methoxy groups -OCH3 is 1. The van der Waals surface area contributed by atoms with Crippen molar-refractivity contribution in [1.29, 1.82) is 0 Å². The predicted molar refractivity (Wildman–Crippen MR) is 61.9 cm³/mol. The first-order chi connectivity index (χ1) is 7.11. The van der Waals surface area contributed by atoms with Gasteiger partial charge in [-0.05, 0) is 43.0 Å². The maximum atomic E-state index is 10.3. The highest BCUT2D eigenvalue weighted by molar-refractivity contribution is 6.31. The number of carbonyl (C=O) groups excluding carboxylic acids is 1. The summed E-state index contributed by atoms with van der Waals surface area (Å²) in [4.78, 5) is 10.3. The van der Waals surface area contributed by atoms with Crippen LogP contribution in [-0.2, 0) is 11.2 Å². The number of ether oxygens (including phenoxy) is 1. The second kappa shape index (κ2) is 5.17. The number of aldehydes is 1. The molecule has 0 bridgehead atoms. The van der Waals surface area contributed by atoms with Crippen LogP contribution in [0.1, 0.15) is 23.1 Å². The van der Waals surface area contributed by atoms with Crippen LogP contribution in [-0.4, -0.2) is 13.4 Å². The molecule has 0 spiro atoms. The van der Waals surface area contributed by atoms with Crippen molar-refractivity contribution < 1.29 is 9.53 Å². The lowest BCUT2D eigenvalue weighted by molar-refractivity contribution is -0.107. The fraction of sp³-hybridized carbons (Fsp3) is 0.417. The molecule has 0 atom stereocenters. The van der Waals surface area contributed by atoms with Gasteiger partial charge in [-0.25, -0.2) is 0 Å². The van der Waals surface area contributed by atoms with Crippen LogP contribution in [0.15, 0.2) is 6.07 Å². The largest absolute Gasteiger partial charge is 0.496 e. The maximum absolute atomic E-state index is 10.3. The molecule has 0 fully saturated rings. The van der Waals surface area contributed by atoms with Gasteiger partial charge in [0.25, 0.3) is 0 Å². The molecule has 0 N–H and O–H groups in total. The van der Waals surface area contributed by atoms with Gasteiger partial charge in [0.1, 0.15) is 12.0 Å². The fourth-order valence-corrected chi connectivity index (χ4v) is 2.18. The summed E-state index contributed by atoms with van der Waals surface area (Å²) in [5, 5.41) is 0.715. The lowest BCUT2D eigenvalue weighted by Crippen LogP contribution is -1.98. The Kier molecular flexibility index (Phi) is 4.15. The molecule has 0 aliphatic rings. The van der Waals surface area contributed by atoms with E-state index in [1.165, 1.54) is 0 Å². The van der Waals surface area contributed by atoms with E-state index in [0.29, 0.717) is 17.9 Å². The number of halogens is 1. The summed E-state index contributed by atoms with van der Waals surface area (Å²) in [7, 11) is 1.65. The van der Waals surface area contributed by atoms with Gasteiger partial charge in [0.05, 0.1) is 7.11 Å². The molecule has 1 rings (SSSR count). The fourth-order valence-electron chi connectivity index (χ4n) is 1.78. The zero-order valence-electron chi connectivity index (χ0n) is 9.26. The molecular formula is C12H15ClO2. The predicted octanol–water partition coefficient (Wildman–Crippen LogP) is 3.10. The van der Waals surface area contributed by atoms with Crippen molar-refractivity contribution in [2.24, 2.45) is 0 Å². The topological polar surface area (TPSA) is 26.3 Å². The third kappa shape index (κ3) is 2.51. The smallest absolute Gasteiger partial charge is 0.125 e. The SMILES string of the molecule is COc1c(C)cc(Cl)c(CCC=O)c1C. The average molecular weight is 227 g/mol. The van der Waals surface area contributed by atoms with E-state index in [0.717, 1.165) is 28.7 Å². The van der Waals surface area contributed by atoms with Crippen molar-refractivity contribution in [2.75, 3.05) is 7.11 Å². The standard InChI is InChI=1S/C12H15ClO2/c1-8-7-11(13)10(5-4-6-14)9(2)12(8)15-3/h6-7H,4-5H2,1-3H3. The molecule has 0 unspecified atom stereocenters. The van der Waals surface area contributed by atoms with Gasteiger partial charge >= 0.3 is 0 Å². The molecule has 0 saturated carbocycles. The summed E-state index contributed by atoms with van der Waals surface area (Å²) in [6, 6.07) is 1.88. The number of hydrogen-bond acceptors (Lipinski definition) is 2. The van der Waals surface area contributed by atoms with Crippen LogP contribution in [0.4, 0.5) is 0 Å². The number of hydrogen-bond donors (Lipinski definition) is 0. The van der Waals surface area contributed by atoms with E-state index in [4.69, 9.17) is 16.3 Å². The number of benzene rings is 1. The van der Waals surface area contributed by atoms with Crippen molar-refractivity contribution in [3.05, 3.63) is 27.8 Å². The van der Waals surface area contributed by atoms with Gasteiger partial charge in [0, 0.05) is 11.4 Å². The van der Waals surface area contributed by atoms with E-state index in [2.05, 4.69) is 0 Å². The molecule has 82 valence electrons. The van der Waals surface area contributed by atoms with E-state index in [1.807, 2.05) is 19.9 Å². The van der Waals surface area contributed by atoms with Crippen LogP contribution in [0, 0.1) is 13.8 Å². The Hall–Kier alpha value is -1.02. The van der Waals surface area contributed by atoms with Crippen LogP contribution in [0.25, 0.3) is 0 Å². The van der Waals surface area contributed by atoms with Crippen molar-refractivity contribution >= 4 is 17.9 Å². The molecular weight excluding hydrogens is 212 g/mol. The molecule has 0 aromatic heterocycles. The van der Waals surface area contributed by atoms with Crippen LogP contribution < -0.4 is 4.74 Å². The highest BCUT2D eigenvalue weighted by Crippen LogP contribution is 2.32. The Labute approximate surface area is 95.2 Å². The van der Waals surface area contributed by atoms with Crippen LogP contribution in [0.2, 0.25) is 5.02 Å². The minimum absolute atomic E-state index is 0.493. The Morgan fingerprint density at radius 2 is 2.13 bits per heavy atom. The molecule has 1 aromatic carbocycles. The zero-order chi connectivity index (χ0) is 11.4. The van der Waals surface area contributed by atoms with Gasteiger partial charge in [-0.3, -0.25) is 0 Å². The molecule has 0 amide bonds. The molecule has 2 nitrogen and oxygen atoms in total. The molecule has 0 radical (unpaired) electrons. The van der Waals surface area contributed by atoms with Crippen LogP contribution in [0.5, 0.6) is 5.75 Å². The number of rotatable bonds is 4. The minimum Gasteiger partial charge on any atom is -0.496 e. The van der Waals surface area contributed by atoms with Crippen molar-refractivity contribution in [1.82, 2.24) is 0 Å². The Morgan fingerprint density at radius 3 is 2.67 bits per heavy atom. The van der Waals surface area contributed by atoms with Crippen molar-refractivity contribution in [3.8, 4) is 5.75 Å². The van der Waals surface area contributed by atoms with Crippen molar-refractivity contribution in [2.45, 2.75) is 26.7 Å². The first-order valence-electron chi connectivity index (χ1n) is 4.88. The van der Waals surface area contributed by atoms with E-state index >= 15 is 0 Å². The molecule has 0 aliphatic heterocycles.